The lowest BCUT2D eigenvalue weighted by molar-refractivity contribution is -0.133. The van der Waals surface area contributed by atoms with Gasteiger partial charge >= 0.3 is 0 Å². The van der Waals surface area contributed by atoms with E-state index in [-0.39, 0.29) is 24.1 Å². The minimum atomic E-state index is -0.222. The normalized spacial score (nSPS) is 15.8. The summed E-state index contributed by atoms with van der Waals surface area (Å²) < 4.78 is 1.29. The Labute approximate surface area is 151 Å². The maximum Gasteiger partial charge on any atom is 0.275 e. The van der Waals surface area contributed by atoms with Crippen LogP contribution in [-0.4, -0.2) is 27.6 Å². The molecule has 4 rings (SSSR count). The van der Waals surface area contributed by atoms with E-state index in [1.165, 1.54) is 15.8 Å². The summed E-state index contributed by atoms with van der Waals surface area (Å²) in [5.41, 5.74) is 3.04. The largest absolute Gasteiger partial charge is 0.337 e. The van der Waals surface area contributed by atoms with Crippen LogP contribution in [0.3, 0.4) is 0 Å². The number of aromatic nitrogens is 2. The van der Waals surface area contributed by atoms with Gasteiger partial charge in [-0.05, 0) is 37.0 Å². The number of carbonyl (C=O) groups is 1. The standard InChI is InChI=1S/C21H21N3O2/c1-14-16-8-5-6-10-18(16)21(26)24(22-14)13-20(25)23(2)19-12-11-15-7-3-4-9-17(15)19/h3-10,19H,11-13H2,1-2H3. The van der Waals surface area contributed by atoms with Crippen LogP contribution in [0.2, 0.25) is 0 Å². The lowest BCUT2D eigenvalue weighted by atomic mass is 10.1. The molecule has 5 heteroatoms. The van der Waals surface area contributed by atoms with E-state index >= 15 is 0 Å². The second-order valence-electron chi connectivity index (χ2n) is 6.85. The van der Waals surface area contributed by atoms with Crippen LogP contribution in [-0.2, 0) is 17.8 Å². The van der Waals surface area contributed by atoms with Crippen LogP contribution in [0.1, 0.15) is 29.3 Å². The smallest absolute Gasteiger partial charge is 0.275 e. The monoisotopic (exact) mass is 347 g/mol. The molecule has 0 fully saturated rings. The summed E-state index contributed by atoms with van der Waals surface area (Å²) >= 11 is 0. The summed E-state index contributed by atoms with van der Waals surface area (Å²) in [6, 6.07) is 15.7. The molecule has 1 aliphatic rings. The second-order valence-corrected chi connectivity index (χ2v) is 6.85. The molecule has 132 valence electrons. The molecule has 26 heavy (non-hydrogen) atoms. The summed E-state index contributed by atoms with van der Waals surface area (Å²) in [7, 11) is 1.81. The fourth-order valence-electron chi connectivity index (χ4n) is 3.86. The Hall–Kier alpha value is -2.95. The number of fused-ring (bicyclic) bond motifs is 2. The number of carbonyl (C=O) groups excluding carboxylic acids is 1. The SMILES string of the molecule is Cc1nn(CC(=O)N(C)C2CCc3ccccc32)c(=O)c2ccccc12. The van der Waals surface area contributed by atoms with Crippen LogP contribution >= 0.6 is 0 Å². The first-order valence-electron chi connectivity index (χ1n) is 8.86. The first kappa shape index (κ1) is 16.5. The van der Waals surface area contributed by atoms with Gasteiger partial charge in [-0.25, -0.2) is 4.68 Å². The zero-order valence-corrected chi connectivity index (χ0v) is 15.0. The highest BCUT2D eigenvalue weighted by Crippen LogP contribution is 2.34. The molecule has 1 unspecified atom stereocenters. The Morgan fingerprint density at radius 1 is 1.15 bits per heavy atom. The molecule has 0 saturated carbocycles. The summed E-state index contributed by atoms with van der Waals surface area (Å²) in [4.78, 5) is 27.3. The van der Waals surface area contributed by atoms with E-state index in [1.54, 1.807) is 11.0 Å². The number of likely N-dealkylation sites (N-methyl/N-ethyl adjacent to an activating group) is 1. The average Bonchev–Trinajstić information content (AvgIpc) is 3.09. The van der Waals surface area contributed by atoms with Crippen molar-refractivity contribution in [3.63, 3.8) is 0 Å². The topological polar surface area (TPSA) is 55.2 Å². The minimum absolute atomic E-state index is 0.0420. The van der Waals surface area contributed by atoms with Crippen LogP contribution in [0.15, 0.2) is 53.3 Å². The van der Waals surface area contributed by atoms with Crippen LogP contribution in [0.25, 0.3) is 10.8 Å². The van der Waals surface area contributed by atoms with Gasteiger partial charge < -0.3 is 4.90 Å². The fraction of sp³-hybridized carbons (Fsp3) is 0.286. The van der Waals surface area contributed by atoms with Gasteiger partial charge in [0.15, 0.2) is 0 Å². The molecule has 0 N–H and O–H groups in total. The third-order valence-corrected chi connectivity index (χ3v) is 5.30. The fourth-order valence-corrected chi connectivity index (χ4v) is 3.86. The van der Waals surface area contributed by atoms with Gasteiger partial charge in [-0.3, -0.25) is 9.59 Å². The lowest BCUT2D eigenvalue weighted by Gasteiger charge is -2.25. The van der Waals surface area contributed by atoms with Crippen molar-refractivity contribution in [1.82, 2.24) is 14.7 Å². The molecule has 1 aromatic heterocycles. The quantitative estimate of drug-likeness (QED) is 0.732. The number of nitrogens with zero attached hydrogens (tertiary/aromatic N) is 3. The predicted molar refractivity (Wildman–Crippen MR) is 101 cm³/mol. The van der Waals surface area contributed by atoms with Crippen LogP contribution in [0.4, 0.5) is 0 Å². The van der Waals surface area contributed by atoms with E-state index in [2.05, 4.69) is 17.2 Å². The number of aryl methyl sites for hydroxylation is 2. The summed E-state index contributed by atoms with van der Waals surface area (Å²) in [6.07, 6.45) is 1.90. The van der Waals surface area contributed by atoms with Crippen molar-refractivity contribution in [2.75, 3.05) is 7.05 Å². The number of benzene rings is 2. The first-order chi connectivity index (χ1) is 12.6. The highest BCUT2D eigenvalue weighted by Gasteiger charge is 2.28. The molecule has 0 saturated heterocycles. The Bertz CT molecular complexity index is 1050. The third kappa shape index (κ3) is 2.69. The zero-order chi connectivity index (χ0) is 18.3. The summed E-state index contributed by atoms with van der Waals surface area (Å²) in [6.45, 7) is 1.82. The van der Waals surface area contributed by atoms with Crippen LogP contribution in [0.5, 0.6) is 0 Å². The molecular weight excluding hydrogens is 326 g/mol. The van der Waals surface area contributed by atoms with E-state index in [0.717, 1.165) is 23.9 Å². The van der Waals surface area contributed by atoms with E-state index in [4.69, 9.17) is 0 Å². The molecule has 0 radical (unpaired) electrons. The molecule has 0 spiro atoms. The molecule has 1 atom stereocenters. The predicted octanol–water partition coefficient (Wildman–Crippen LogP) is 2.85. The molecule has 0 bridgehead atoms. The molecule has 0 aliphatic heterocycles. The van der Waals surface area contributed by atoms with Crippen molar-refractivity contribution in [1.29, 1.82) is 0 Å². The van der Waals surface area contributed by atoms with E-state index in [1.807, 2.05) is 44.3 Å². The first-order valence-corrected chi connectivity index (χ1v) is 8.86. The van der Waals surface area contributed by atoms with Gasteiger partial charge in [-0.15, -0.1) is 0 Å². The van der Waals surface area contributed by atoms with E-state index in [0.29, 0.717) is 5.39 Å². The average molecular weight is 347 g/mol. The number of hydrogen-bond acceptors (Lipinski definition) is 3. The van der Waals surface area contributed by atoms with Gasteiger partial charge in [0.25, 0.3) is 5.56 Å². The Kier molecular flexibility index (Phi) is 4.07. The molecule has 5 nitrogen and oxygen atoms in total. The van der Waals surface area contributed by atoms with Crippen LogP contribution in [0, 0.1) is 6.92 Å². The van der Waals surface area contributed by atoms with Gasteiger partial charge in [0, 0.05) is 12.4 Å². The maximum absolute atomic E-state index is 12.8. The number of hydrogen-bond donors (Lipinski definition) is 0. The van der Waals surface area contributed by atoms with Crippen molar-refractivity contribution in [3.8, 4) is 0 Å². The molecule has 3 aromatic rings. The molecule has 2 aromatic carbocycles. The van der Waals surface area contributed by atoms with Crippen molar-refractivity contribution >= 4 is 16.7 Å². The highest BCUT2D eigenvalue weighted by molar-refractivity contribution is 5.83. The Morgan fingerprint density at radius 3 is 2.65 bits per heavy atom. The van der Waals surface area contributed by atoms with Crippen molar-refractivity contribution in [2.24, 2.45) is 0 Å². The Balaban J connectivity index is 1.62. The zero-order valence-electron chi connectivity index (χ0n) is 15.0. The van der Waals surface area contributed by atoms with Gasteiger partial charge in [0.2, 0.25) is 5.91 Å². The molecule has 1 aliphatic carbocycles. The lowest BCUT2D eigenvalue weighted by Crippen LogP contribution is -2.37. The van der Waals surface area contributed by atoms with Crippen LogP contribution < -0.4 is 5.56 Å². The molecular formula is C21H21N3O2. The van der Waals surface area contributed by atoms with Crippen molar-refractivity contribution in [3.05, 3.63) is 75.7 Å². The number of amides is 1. The third-order valence-electron chi connectivity index (χ3n) is 5.30. The van der Waals surface area contributed by atoms with Crippen molar-refractivity contribution in [2.45, 2.75) is 32.4 Å². The van der Waals surface area contributed by atoms with Gasteiger partial charge in [-0.2, -0.15) is 5.10 Å². The van der Waals surface area contributed by atoms with E-state index < -0.39 is 0 Å². The highest BCUT2D eigenvalue weighted by atomic mass is 16.2. The molecule has 1 amide bonds. The second kappa shape index (κ2) is 6.41. The summed E-state index contributed by atoms with van der Waals surface area (Å²) in [5.74, 6) is -0.101. The van der Waals surface area contributed by atoms with Crippen molar-refractivity contribution < 1.29 is 4.79 Å². The molecule has 1 heterocycles. The number of rotatable bonds is 3. The minimum Gasteiger partial charge on any atom is -0.337 e. The summed E-state index contributed by atoms with van der Waals surface area (Å²) in [5, 5.41) is 5.78. The van der Waals surface area contributed by atoms with Gasteiger partial charge in [0.1, 0.15) is 6.54 Å². The van der Waals surface area contributed by atoms with Gasteiger partial charge in [-0.1, -0.05) is 42.5 Å². The Morgan fingerprint density at radius 2 is 1.85 bits per heavy atom. The van der Waals surface area contributed by atoms with E-state index in [9.17, 15) is 9.59 Å². The van der Waals surface area contributed by atoms with Gasteiger partial charge in [0.05, 0.1) is 17.1 Å². The maximum atomic E-state index is 12.8.